The van der Waals surface area contributed by atoms with Crippen LogP contribution < -0.4 is 9.05 Å². The first-order chi connectivity index (χ1) is 12.1. The zero-order chi connectivity index (χ0) is 19.0. The maximum atomic E-state index is 6.53. The highest BCUT2D eigenvalue weighted by Gasteiger charge is 2.37. The predicted octanol–water partition coefficient (Wildman–Crippen LogP) is 9.57. The van der Waals surface area contributed by atoms with Gasteiger partial charge in [-0.1, -0.05) is 35.4 Å². The van der Waals surface area contributed by atoms with Crippen molar-refractivity contribution in [1.29, 1.82) is 0 Å². The molecule has 0 radical (unpaired) electrons. The van der Waals surface area contributed by atoms with Gasteiger partial charge in [0.25, 0.3) is 5.91 Å². The summed E-state index contributed by atoms with van der Waals surface area (Å²) in [4.78, 5) is 0. The molecule has 1 aliphatic heterocycles. The quantitative estimate of drug-likeness (QED) is 0.400. The highest BCUT2D eigenvalue weighted by atomic mass is 35.9. The molecule has 0 fully saturated rings. The molecule has 0 unspecified atom stereocenters. The molecule has 0 saturated heterocycles. The molecule has 0 bridgehead atoms. The van der Waals surface area contributed by atoms with Crippen LogP contribution in [0.2, 0.25) is 0 Å². The monoisotopic (exact) mass is 489 g/mol. The molecule has 3 rings (SSSR count). The van der Waals surface area contributed by atoms with Crippen LogP contribution in [-0.4, -0.2) is 0 Å². The summed E-state index contributed by atoms with van der Waals surface area (Å²) in [6.45, 7) is -2.65. The zero-order valence-electron chi connectivity index (χ0n) is 13.6. The van der Waals surface area contributed by atoms with Gasteiger partial charge in [-0.25, -0.2) is 0 Å². The van der Waals surface area contributed by atoms with Crippen LogP contribution in [0, 0.1) is 13.8 Å². The minimum atomic E-state index is -3.28. The van der Waals surface area contributed by atoms with Crippen molar-refractivity contribution >= 4 is 64.4 Å². The van der Waals surface area contributed by atoms with Gasteiger partial charge in [-0.3, -0.25) is 0 Å². The molecule has 0 aromatic heterocycles. The fraction of sp³-hybridized carbons (Fsp3) is 0.143. The van der Waals surface area contributed by atoms with Crippen LogP contribution in [0.1, 0.15) is 11.1 Å². The van der Waals surface area contributed by atoms with Gasteiger partial charge in [-0.15, -0.1) is 4.52 Å². The Kier molecular flexibility index (Phi) is 6.12. The molecular weight excluding hydrogens is 477 g/mol. The lowest BCUT2D eigenvalue weighted by atomic mass is 10.2. The van der Waals surface area contributed by atoms with Crippen molar-refractivity contribution in [2.24, 2.45) is 13.5 Å². The van der Waals surface area contributed by atoms with E-state index in [0.717, 1.165) is 11.1 Å². The van der Waals surface area contributed by atoms with E-state index < -0.39 is 19.5 Å². The molecule has 1 heterocycles. The maximum Gasteiger partial charge on any atom is 0.352 e. The van der Waals surface area contributed by atoms with Crippen molar-refractivity contribution in [3.05, 3.63) is 59.7 Å². The van der Waals surface area contributed by atoms with Crippen LogP contribution in [0.3, 0.4) is 0 Å². The van der Waals surface area contributed by atoms with Crippen LogP contribution in [0.4, 0.5) is 0 Å². The smallest absolute Gasteiger partial charge is 0.352 e. The normalized spacial score (nSPS) is 26.8. The summed E-state index contributed by atoms with van der Waals surface area (Å²) in [5.74, 6) is -2.21. The summed E-state index contributed by atoms with van der Waals surface area (Å²) >= 11 is 25.5. The van der Waals surface area contributed by atoms with E-state index in [1.807, 2.05) is 38.1 Å². The highest BCUT2D eigenvalue weighted by molar-refractivity contribution is 8.16. The average Bonchev–Trinajstić information content (AvgIpc) is 2.49. The second-order valence-electron chi connectivity index (χ2n) is 5.48. The third-order valence-corrected chi connectivity index (χ3v) is 14.6. The summed E-state index contributed by atoms with van der Waals surface area (Å²) in [6, 6.07) is 14.5. The standard InChI is InChI=1S/C14H14Cl4N3O2P3/c1-11-3-7-13(8-4-11)22-25(17)19-24(15,16)20-26(18,21-25)23-14-9-5-12(2)6-10-14/h3-10H,1-2H3/t25-,26+. The lowest BCUT2D eigenvalue weighted by Gasteiger charge is -2.24. The number of halogens is 4. The lowest BCUT2D eigenvalue weighted by Crippen LogP contribution is -1.91. The van der Waals surface area contributed by atoms with E-state index in [1.165, 1.54) is 0 Å². The van der Waals surface area contributed by atoms with Gasteiger partial charge in [0.05, 0.1) is 0 Å². The third-order valence-electron chi connectivity index (χ3n) is 3.14. The lowest BCUT2D eigenvalue weighted by molar-refractivity contribution is 0.607. The van der Waals surface area contributed by atoms with Crippen molar-refractivity contribution in [2.75, 3.05) is 0 Å². The van der Waals surface area contributed by atoms with E-state index in [2.05, 4.69) is 13.5 Å². The number of benzene rings is 2. The minimum absolute atomic E-state index is 0.486. The summed E-state index contributed by atoms with van der Waals surface area (Å²) in [7, 11) is 0. The van der Waals surface area contributed by atoms with Crippen LogP contribution in [0.5, 0.6) is 11.5 Å². The molecule has 0 aliphatic carbocycles. The second-order valence-corrected chi connectivity index (χ2v) is 16.8. The fourth-order valence-electron chi connectivity index (χ4n) is 1.99. The molecule has 140 valence electrons. The molecule has 12 heteroatoms. The Labute approximate surface area is 171 Å². The van der Waals surface area contributed by atoms with Gasteiger partial charge in [0.1, 0.15) is 11.5 Å². The van der Waals surface area contributed by atoms with Crippen molar-refractivity contribution in [3.8, 4) is 11.5 Å². The number of hydrogen-bond donors (Lipinski definition) is 0. The third kappa shape index (κ3) is 5.46. The number of aryl methyl sites for hydroxylation is 2. The molecule has 2 aromatic rings. The Bertz CT molecular complexity index is 934. The first-order valence-corrected chi connectivity index (χ1v) is 15.8. The molecule has 1 aliphatic rings. The van der Waals surface area contributed by atoms with Crippen LogP contribution >= 0.6 is 64.4 Å². The van der Waals surface area contributed by atoms with E-state index in [0.29, 0.717) is 11.5 Å². The number of hydrogen-bond acceptors (Lipinski definition) is 5. The Morgan fingerprint density at radius 3 is 1.42 bits per heavy atom. The summed E-state index contributed by atoms with van der Waals surface area (Å²) in [5.41, 5.74) is 2.15. The van der Waals surface area contributed by atoms with E-state index in [4.69, 9.17) is 54.0 Å². The van der Waals surface area contributed by atoms with Crippen LogP contribution in [0.25, 0.3) is 0 Å². The molecule has 0 spiro atoms. The first-order valence-electron chi connectivity index (χ1n) is 7.29. The maximum absolute atomic E-state index is 6.53. The van der Waals surface area contributed by atoms with Gasteiger partial charge in [0, 0.05) is 0 Å². The van der Waals surface area contributed by atoms with Gasteiger partial charge in [0.15, 0.2) is 0 Å². The van der Waals surface area contributed by atoms with Crippen LogP contribution in [0.15, 0.2) is 62.1 Å². The summed E-state index contributed by atoms with van der Waals surface area (Å²) < 4.78 is 24.2. The van der Waals surface area contributed by atoms with E-state index in [-0.39, 0.29) is 0 Å². The van der Waals surface area contributed by atoms with Gasteiger partial charge in [0.2, 0.25) is 0 Å². The Balaban J connectivity index is 2.00. The van der Waals surface area contributed by atoms with Gasteiger partial charge >= 0.3 is 13.6 Å². The van der Waals surface area contributed by atoms with Gasteiger partial charge in [-0.2, -0.15) is 9.03 Å². The van der Waals surface area contributed by atoms with Crippen molar-refractivity contribution in [2.45, 2.75) is 13.8 Å². The fourth-order valence-corrected chi connectivity index (χ4v) is 16.7. The SMILES string of the molecule is Cc1ccc(O[P@@]2(Cl)=NP(Cl)(Cl)=N[P@@](Cl)(Oc3ccc(C)cc3)=N2)cc1. The zero-order valence-corrected chi connectivity index (χ0v) is 19.3. The average molecular weight is 491 g/mol. The Morgan fingerprint density at radius 1 is 0.615 bits per heavy atom. The van der Waals surface area contributed by atoms with Crippen molar-refractivity contribution in [1.82, 2.24) is 0 Å². The Hall–Kier alpha value is -0.110. The molecule has 2 aromatic carbocycles. The second kappa shape index (κ2) is 7.72. The molecule has 5 nitrogen and oxygen atoms in total. The summed E-state index contributed by atoms with van der Waals surface area (Å²) in [5, 5.41) is 0. The van der Waals surface area contributed by atoms with Crippen LogP contribution in [-0.2, 0) is 0 Å². The number of rotatable bonds is 4. The first kappa shape index (κ1) is 20.6. The Morgan fingerprint density at radius 2 is 1.00 bits per heavy atom. The molecule has 2 atom stereocenters. The van der Waals surface area contributed by atoms with Crippen molar-refractivity contribution < 1.29 is 9.05 Å². The molecule has 0 saturated carbocycles. The largest absolute Gasteiger partial charge is 0.431 e. The minimum Gasteiger partial charge on any atom is -0.431 e. The van der Waals surface area contributed by atoms with E-state index in [9.17, 15) is 0 Å². The molecule has 0 amide bonds. The van der Waals surface area contributed by atoms with Gasteiger partial charge < -0.3 is 9.05 Å². The molecule has 0 N–H and O–H groups in total. The van der Waals surface area contributed by atoms with Gasteiger partial charge in [-0.05, 0) is 83.1 Å². The van der Waals surface area contributed by atoms with E-state index in [1.54, 1.807) is 24.3 Å². The topological polar surface area (TPSA) is 55.5 Å². The predicted molar refractivity (Wildman–Crippen MR) is 115 cm³/mol. The molecule has 26 heavy (non-hydrogen) atoms. The molecular formula is C14H14Cl4N3O2P3. The summed E-state index contributed by atoms with van der Waals surface area (Å²) in [6.07, 6.45) is 0. The number of nitrogens with zero attached hydrogens (tertiary/aromatic N) is 3. The van der Waals surface area contributed by atoms with Crippen molar-refractivity contribution in [3.63, 3.8) is 0 Å². The highest BCUT2D eigenvalue weighted by Crippen LogP contribution is 2.84. The van der Waals surface area contributed by atoms with E-state index >= 15 is 0 Å².